The third kappa shape index (κ3) is 2.26. The molecule has 0 aromatic carbocycles. The molecule has 1 aliphatic rings. The number of amides is 1. The quantitative estimate of drug-likeness (QED) is 0.821. The zero-order chi connectivity index (χ0) is 15.0. The van der Waals surface area contributed by atoms with Crippen LogP contribution in [0.3, 0.4) is 0 Å². The molecule has 21 heavy (non-hydrogen) atoms. The van der Waals surface area contributed by atoms with Gasteiger partial charge in [0.1, 0.15) is 5.82 Å². The number of fused-ring (bicyclic) bond motifs is 1. The number of aromatic nitrogens is 3. The molecule has 0 radical (unpaired) electrons. The summed E-state index contributed by atoms with van der Waals surface area (Å²) in [5, 5.41) is 3.93. The number of carbonyl (C=O) groups excluding carboxylic acids is 2. The van der Waals surface area contributed by atoms with E-state index in [1.165, 1.54) is 19.3 Å². The maximum absolute atomic E-state index is 12.5. The van der Waals surface area contributed by atoms with Crippen LogP contribution in [-0.4, -0.2) is 38.0 Å². The van der Waals surface area contributed by atoms with Gasteiger partial charge in [-0.05, 0) is 17.5 Å². The number of carbonyl (C=O) groups is 2. The minimum Gasteiger partial charge on any atom is -0.383 e. The number of hydrogen-bond donors (Lipinski definition) is 1. The molecule has 2 aromatic rings. The Hall–Kier alpha value is -2.70. The molecule has 0 spiro atoms. The van der Waals surface area contributed by atoms with Crippen LogP contribution in [0.1, 0.15) is 28.4 Å². The van der Waals surface area contributed by atoms with Crippen molar-refractivity contribution in [3.63, 3.8) is 0 Å². The van der Waals surface area contributed by atoms with Gasteiger partial charge in [0.2, 0.25) is 5.91 Å². The molecule has 0 bridgehead atoms. The lowest BCUT2D eigenvalue weighted by atomic mass is 9.96. The minimum absolute atomic E-state index is 0.0219. The van der Waals surface area contributed by atoms with Gasteiger partial charge in [-0.15, -0.1) is 0 Å². The Morgan fingerprint density at radius 1 is 1.33 bits per heavy atom. The van der Waals surface area contributed by atoms with Crippen LogP contribution >= 0.6 is 0 Å². The molecule has 0 aliphatic carbocycles. The van der Waals surface area contributed by atoms with E-state index in [1.807, 2.05) is 0 Å². The van der Waals surface area contributed by atoms with Crippen LogP contribution in [0.4, 0.5) is 5.82 Å². The molecule has 0 saturated carbocycles. The Morgan fingerprint density at radius 2 is 2.14 bits per heavy atom. The van der Waals surface area contributed by atoms with Crippen LogP contribution in [0.25, 0.3) is 0 Å². The number of nitrogen functional groups attached to an aromatic ring is 1. The summed E-state index contributed by atoms with van der Waals surface area (Å²) >= 11 is 0. The largest absolute Gasteiger partial charge is 0.383 e. The number of pyridine rings is 1. The molecule has 0 fully saturated rings. The van der Waals surface area contributed by atoms with E-state index in [4.69, 9.17) is 5.73 Å². The van der Waals surface area contributed by atoms with Gasteiger partial charge in [0, 0.05) is 38.5 Å². The second-order valence-corrected chi connectivity index (χ2v) is 4.99. The van der Waals surface area contributed by atoms with E-state index in [0.29, 0.717) is 30.9 Å². The van der Waals surface area contributed by atoms with Gasteiger partial charge in [-0.3, -0.25) is 14.6 Å². The van der Waals surface area contributed by atoms with Crippen LogP contribution < -0.4 is 5.73 Å². The monoisotopic (exact) mass is 285 g/mol. The summed E-state index contributed by atoms with van der Waals surface area (Å²) in [4.78, 5) is 29.8. The van der Waals surface area contributed by atoms with Gasteiger partial charge < -0.3 is 10.6 Å². The molecular weight excluding hydrogens is 270 g/mol. The van der Waals surface area contributed by atoms with Crippen molar-refractivity contribution in [2.75, 3.05) is 12.3 Å². The highest BCUT2D eigenvalue weighted by atomic mass is 16.2. The highest BCUT2D eigenvalue weighted by Gasteiger charge is 2.24. The van der Waals surface area contributed by atoms with Gasteiger partial charge in [0.25, 0.3) is 5.91 Å². The van der Waals surface area contributed by atoms with Crippen LogP contribution in [0.5, 0.6) is 0 Å². The van der Waals surface area contributed by atoms with Crippen molar-refractivity contribution in [2.45, 2.75) is 19.9 Å². The summed E-state index contributed by atoms with van der Waals surface area (Å²) in [6.07, 6.45) is 5.34. The zero-order valence-electron chi connectivity index (χ0n) is 11.6. The standard InChI is InChI=1S/C14H15N5O2/c1-9(20)18-5-3-11-10(8-18)6-16-7-12(11)14(21)19-13(15)2-4-17-19/h2,4,6-7H,3,5,8,15H2,1H3. The van der Waals surface area contributed by atoms with Gasteiger partial charge in [0.05, 0.1) is 11.8 Å². The van der Waals surface area contributed by atoms with Crippen LogP contribution in [-0.2, 0) is 17.8 Å². The van der Waals surface area contributed by atoms with Crippen molar-refractivity contribution in [3.05, 3.63) is 41.3 Å². The van der Waals surface area contributed by atoms with E-state index < -0.39 is 0 Å². The minimum atomic E-state index is -0.293. The Labute approximate surface area is 121 Å². The lowest BCUT2D eigenvalue weighted by Crippen LogP contribution is -2.35. The smallest absolute Gasteiger partial charge is 0.281 e. The first kappa shape index (κ1) is 13.3. The predicted molar refractivity (Wildman–Crippen MR) is 75.4 cm³/mol. The first-order valence-electron chi connectivity index (χ1n) is 6.63. The van der Waals surface area contributed by atoms with Crippen molar-refractivity contribution in [1.29, 1.82) is 0 Å². The Bertz CT molecular complexity index is 722. The van der Waals surface area contributed by atoms with Crippen molar-refractivity contribution in [1.82, 2.24) is 19.7 Å². The molecule has 0 unspecified atom stereocenters. The van der Waals surface area contributed by atoms with Gasteiger partial charge in [-0.2, -0.15) is 9.78 Å². The summed E-state index contributed by atoms with van der Waals surface area (Å²) < 4.78 is 1.16. The maximum atomic E-state index is 12.5. The SMILES string of the molecule is CC(=O)N1CCc2c(cncc2C(=O)n2nccc2N)C1. The van der Waals surface area contributed by atoms with E-state index in [2.05, 4.69) is 10.1 Å². The van der Waals surface area contributed by atoms with E-state index in [-0.39, 0.29) is 11.8 Å². The summed E-state index contributed by atoms with van der Waals surface area (Å²) in [5.74, 6) is 0.0191. The average molecular weight is 285 g/mol. The average Bonchev–Trinajstić information content (AvgIpc) is 2.91. The van der Waals surface area contributed by atoms with Gasteiger partial charge in [-0.1, -0.05) is 0 Å². The van der Waals surface area contributed by atoms with E-state index in [9.17, 15) is 9.59 Å². The molecule has 1 amide bonds. The van der Waals surface area contributed by atoms with Crippen LogP contribution in [0.2, 0.25) is 0 Å². The first-order valence-corrected chi connectivity index (χ1v) is 6.63. The van der Waals surface area contributed by atoms with Crippen LogP contribution in [0.15, 0.2) is 24.7 Å². The summed E-state index contributed by atoms with van der Waals surface area (Å²) in [6.45, 7) is 2.62. The number of hydrogen-bond acceptors (Lipinski definition) is 5. The summed E-state index contributed by atoms with van der Waals surface area (Å²) in [7, 11) is 0. The Kier molecular flexibility index (Phi) is 3.17. The van der Waals surface area contributed by atoms with Crippen molar-refractivity contribution < 1.29 is 9.59 Å². The van der Waals surface area contributed by atoms with E-state index in [1.54, 1.807) is 17.2 Å². The third-order valence-electron chi connectivity index (χ3n) is 3.68. The number of anilines is 1. The molecule has 0 saturated heterocycles. The third-order valence-corrected chi connectivity index (χ3v) is 3.68. The molecule has 3 heterocycles. The lowest BCUT2D eigenvalue weighted by molar-refractivity contribution is -0.129. The fraction of sp³-hybridized carbons (Fsp3) is 0.286. The molecule has 2 N–H and O–H groups in total. The second-order valence-electron chi connectivity index (χ2n) is 4.99. The van der Waals surface area contributed by atoms with Crippen LogP contribution in [0, 0.1) is 0 Å². The zero-order valence-corrected chi connectivity index (χ0v) is 11.6. The fourth-order valence-electron chi connectivity index (χ4n) is 2.54. The number of nitrogens with zero attached hydrogens (tertiary/aromatic N) is 4. The molecule has 108 valence electrons. The van der Waals surface area contributed by atoms with Crippen molar-refractivity contribution in [3.8, 4) is 0 Å². The van der Waals surface area contributed by atoms with E-state index in [0.717, 1.165) is 15.8 Å². The topological polar surface area (TPSA) is 94.1 Å². The predicted octanol–water partition coefficient (Wildman–Crippen LogP) is 0.453. The highest BCUT2D eigenvalue weighted by molar-refractivity contribution is 5.98. The fourth-order valence-corrected chi connectivity index (χ4v) is 2.54. The summed E-state index contributed by atoms with van der Waals surface area (Å²) in [6, 6.07) is 1.57. The molecular formula is C14H15N5O2. The summed E-state index contributed by atoms with van der Waals surface area (Å²) in [5.41, 5.74) is 8.03. The molecule has 7 heteroatoms. The first-order chi connectivity index (χ1) is 10.1. The number of nitrogens with two attached hydrogens (primary N) is 1. The molecule has 0 atom stereocenters. The lowest BCUT2D eigenvalue weighted by Gasteiger charge is -2.28. The van der Waals surface area contributed by atoms with Gasteiger partial charge in [0.15, 0.2) is 0 Å². The normalized spacial score (nSPS) is 13.9. The Balaban J connectivity index is 1.99. The molecule has 2 aromatic heterocycles. The molecule has 3 rings (SSSR count). The highest BCUT2D eigenvalue weighted by Crippen LogP contribution is 2.22. The van der Waals surface area contributed by atoms with Gasteiger partial charge in [-0.25, -0.2) is 0 Å². The maximum Gasteiger partial charge on any atom is 0.281 e. The molecule has 7 nitrogen and oxygen atoms in total. The molecule has 1 aliphatic heterocycles. The van der Waals surface area contributed by atoms with Crippen molar-refractivity contribution in [2.24, 2.45) is 0 Å². The van der Waals surface area contributed by atoms with E-state index >= 15 is 0 Å². The second kappa shape index (κ2) is 5.01. The van der Waals surface area contributed by atoms with Gasteiger partial charge >= 0.3 is 0 Å². The Morgan fingerprint density at radius 3 is 2.81 bits per heavy atom. The van der Waals surface area contributed by atoms with Crippen molar-refractivity contribution >= 4 is 17.6 Å². The number of rotatable bonds is 1.